The van der Waals surface area contributed by atoms with E-state index in [1.807, 2.05) is 13.8 Å². The lowest BCUT2D eigenvalue weighted by atomic mass is 10.0. The Kier molecular flexibility index (Phi) is 3.20. The van der Waals surface area contributed by atoms with Crippen molar-refractivity contribution in [1.29, 1.82) is 0 Å². The Morgan fingerprint density at radius 2 is 1.80 bits per heavy atom. The molecule has 8 heteroatoms. The lowest BCUT2D eigenvalue weighted by Gasteiger charge is -2.26. The minimum Gasteiger partial charge on any atom is -0.348 e. The molecule has 5 atom stereocenters. The number of azide groups is 1. The van der Waals surface area contributed by atoms with Crippen molar-refractivity contribution in [3.8, 4) is 0 Å². The number of ether oxygens (including phenoxy) is 5. The molecule has 1 unspecified atom stereocenters. The van der Waals surface area contributed by atoms with Crippen molar-refractivity contribution in [2.45, 2.75) is 69.9 Å². The summed E-state index contributed by atoms with van der Waals surface area (Å²) in [4.78, 5) is 2.90. The van der Waals surface area contributed by atoms with Gasteiger partial charge in [-0.05, 0) is 33.2 Å². The summed E-state index contributed by atoms with van der Waals surface area (Å²) >= 11 is 0. The van der Waals surface area contributed by atoms with Gasteiger partial charge in [0.1, 0.15) is 18.3 Å². The predicted octanol–water partition coefficient (Wildman–Crippen LogP) is 1.69. The van der Waals surface area contributed by atoms with Crippen LogP contribution < -0.4 is 0 Å². The van der Waals surface area contributed by atoms with Gasteiger partial charge in [-0.15, -0.1) is 0 Å². The van der Waals surface area contributed by atoms with Gasteiger partial charge in [-0.3, -0.25) is 0 Å². The summed E-state index contributed by atoms with van der Waals surface area (Å²) in [5, 5.41) is 3.82. The minimum atomic E-state index is -0.740. The van der Waals surface area contributed by atoms with Crippen LogP contribution in [0.25, 0.3) is 10.4 Å². The molecule has 0 bridgehead atoms. The molecule has 3 aliphatic rings. The first-order valence-electron chi connectivity index (χ1n) is 6.68. The normalized spacial score (nSPS) is 45.1. The Labute approximate surface area is 116 Å². The number of hydrogen-bond acceptors (Lipinski definition) is 6. The van der Waals surface area contributed by atoms with Crippen LogP contribution >= 0.6 is 0 Å². The third-order valence-corrected chi connectivity index (χ3v) is 3.63. The van der Waals surface area contributed by atoms with E-state index >= 15 is 0 Å². The monoisotopic (exact) mass is 285 g/mol. The molecule has 3 saturated heterocycles. The molecule has 0 radical (unpaired) electrons. The van der Waals surface area contributed by atoms with E-state index in [1.165, 1.54) is 0 Å². The number of rotatable bonds is 2. The zero-order valence-electron chi connectivity index (χ0n) is 12.0. The number of hydrogen-bond donors (Lipinski definition) is 0. The standard InChI is InChI=1S/C12H19N3O5/c1-11(2)16-5-6(18-11)8-7(14-15-13)9-10(17-8)20-12(3,4)19-9/h6-10H,5H2,1-4H3/t6-,7-,8+,9+,10?/m1/s1. The summed E-state index contributed by atoms with van der Waals surface area (Å²) < 4.78 is 28.6. The third-order valence-electron chi connectivity index (χ3n) is 3.63. The molecular weight excluding hydrogens is 266 g/mol. The van der Waals surface area contributed by atoms with Gasteiger partial charge in [0.05, 0.1) is 12.6 Å². The molecule has 0 aromatic heterocycles. The lowest BCUT2D eigenvalue weighted by molar-refractivity contribution is -0.222. The van der Waals surface area contributed by atoms with E-state index in [1.54, 1.807) is 13.8 Å². The molecule has 0 amide bonds. The zero-order valence-corrected chi connectivity index (χ0v) is 12.0. The summed E-state index contributed by atoms with van der Waals surface area (Å²) in [6, 6.07) is -0.491. The average molecular weight is 285 g/mol. The predicted molar refractivity (Wildman–Crippen MR) is 66.5 cm³/mol. The van der Waals surface area contributed by atoms with Crippen molar-refractivity contribution >= 4 is 0 Å². The molecule has 0 aliphatic carbocycles. The van der Waals surface area contributed by atoms with Crippen LogP contribution in [-0.4, -0.2) is 48.8 Å². The van der Waals surface area contributed by atoms with Crippen LogP contribution in [-0.2, 0) is 23.7 Å². The molecule has 3 fully saturated rings. The lowest BCUT2D eigenvalue weighted by Crippen LogP contribution is -2.41. The van der Waals surface area contributed by atoms with E-state index < -0.39 is 36.1 Å². The molecule has 112 valence electrons. The maximum Gasteiger partial charge on any atom is 0.188 e. The molecule has 0 spiro atoms. The molecule has 3 heterocycles. The third kappa shape index (κ3) is 2.39. The van der Waals surface area contributed by atoms with Gasteiger partial charge < -0.3 is 23.7 Å². The molecule has 3 aliphatic heterocycles. The van der Waals surface area contributed by atoms with E-state index in [-0.39, 0.29) is 6.10 Å². The first kappa shape index (κ1) is 14.1. The van der Waals surface area contributed by atoms with Gasteiger partial charge in [0.15, 0.2) is 17.9 Å². The van der Waals surface area contributed by atoms with Crippen molar-refractivity contribution in [2.24, 2.45) is 5.11 Å². The molecule has 0 aromatic carbocycles. The van der Waals surface area contributed by atoms with Crippen LogP contribution in [0, 0.1) is 0 Å². The van der Waals surface area contributed by atoms with Crippen LogP contribution in [0.15, 0.2) is 5.11 Å². The summed E-state index contributed by atoms with van der Waals surface area (Å²) in [6.07, 6.45) is -1.70. The van der Waals surface area contributed by atoms with Crippen LogP contribution in [0.2, 0.25) is 0 Å². The summed E-state index contributed by atoms with van der Waals surface area (Å²) in [7, 11) is 0. The Morgan fingerprint density at radius 3 is 2.40 bits per heavy atom. The van der Waals surface area contributed by atoms with Gasteiger partial charge in [-0.25, -0.2) is 0 Å². The van der Waals surface area contributed by atoms with E-state index in [2.05, 4.69) is 10.0 Å². The van der Waals surface area contributed by atoms with Crippen molar-refractivity contribution in [2.75, 3.05) is 6.61 Å². The van der Waals surface area contributed by atoms with Crippen molar-refractivity contribution < 1.29 is 23.7 Å². The molecule has 0 aromatic rings. The van der Waals surface area contributed by atoms with E-state index in [4.69, 9.17) is 29.2 Å². The fraction of sp³-hybridized carbons (Fsp3) is 1.00. The molecule has 3 rings (SSSR count). The van der Waals surface area contributed by atoms with Crippen LogP contribution in [0.3, 0.4) is 0 Å². The Morgan fingerprint density at radius 1 is 1.05 bits per heavy atom. The van der Waals surface area contributed by atoms with Crippen LogP contribution in [0.5, 0.6) is 0 Å². The first-order valence-corrected chi connectivity index (χ1v) is 6.68. The quantitative estimate of drug-likeness (QED) is 0.437. The van der Waals surface area contributed by atoms with Crippen molar-refractivity contribution in [3.63, 3.8) is 0 Å². The highest BCUT2D eigenvalue weighted by Crippen LogP contribution is 2.41. The molecule has 0 N–H and O–H groups in total. The van der Waals surface area contributed by atoms with Gasteiger partial charge in [-0.2, -0.15) is 0 Å². The van der Waals surface area contributed by atoms with E-state index in [9.17, 15) is 0 Å². The molecular formula is C12H19N3O5. The largest absolute Gasteiger partial charge is 0.348 e. The van der Waals surface area contributed by atoms with Crippen LogP contribution in [0.1, 0.15) is 27.7 Å². The van der Waals surface area contributed by atoms with Gasteiger partial charge in [0.2, 0.25) is 0 Å². The molecule has 0 saturated carbocycles. The highest BCUT2D eigenvalue weighted by atomic mass is 16.8. The fourth-order valence-corrected chi connectivity index (χ4v) is 2.89. The molecule has 20 heavy (non-hydrogen) atoms. The van der Waals surface area contributed by atoms with Gasteiger partial charge in [-0.1, -0.05) is 5.11 Å². The summed E-state index contributed by atoms with van der Waals surface area (Å²) in [6.45, 7) is 7.66. The maximum absolute atomic E-state index is 8.77. The van der Waals surface area contributed by atoms with E-state index in [0.717, 1.165) is 0 Å². The zero-order chi connectivity index (χ0) is 14.5. The topological polar surface area (TPSA) is 94.9 Å². The van der Waals surface area contributed by atoms with Gasteiger partial charge >= 0.3 is 0 Å². The minimum absolute atomic E-state index is 0.304. The van der Waals surface area contributed by atoms with E-state index in [0.29, 0.717) is 6.61 Å². The van der Waals surface area contributed by atoms with Crippen molar-refractivity contribution in [1.82, 2.24) is 0 Å². The van der Waals surface area contributed by atoms with Crippen LogP contribution in [0.4, 0.5) is 0 Å². The SMILES string of the molecule is CC1(C)OC2O[C@@H]([C@H]3COC(C)(C)O3)[C@@H](N=[N+]=[N-])[C@@H]2O1. The maximum atomic E-state index is 8.77. The Balaban J connectivity index is 1.78. The van der Waals surface area contributed by atoms with Gasteiger partial charge in [0, 0.05) is 4.91 Å². The first-order chi connectivity index (χ1) is 9.31. The highest BCUT2D eigenvalue weighted by molar-refractivity contribution is 5.01. The van der Waals surface area contributed by atoms with Crippen molar-refractivity contribution in [3.05, 3.63) is 10.4 Å². The molecule has 8 nitrogen and oxygen atoms in total. The number of fused-ring (bicyclic) bond motifs is 1. The second-order valence-corrected chi connectivity index (χ2v) is 6.13. The second-order valence-electron chi connectivity index (χ2n) is 6.13. The van der Waals surface area contributed by atoms with Gasteiger partial charge in [0.25, 0.3) is 0 Å². The highest BCUT2D eigenvalue weighted by Gasteiger charge is 2.57. The average Bonchev–Trinajstić information content (AvgIpc) is 2.91. The second kappa shape index (κ2) is 4.56. The summed E-state index contributed by atoms with van der Waals surface area (Å²) in [5.74, 6) is -1.40. The Hall–Kier alpha value is -0.890. The summed E-state index contributed by atoms with van der Waals surface area (Å²) in [5.41, 5.74) is 8.77. The Bertz CT molecular complexity index is 448. The number of nitrogens with zero attached hydrogens (tertiary/aromatic N) is 3. The smallest absolute Gasteiger partial charge is 0.188 e. The fourth-order valence-electron chi connectivity index (χ4n) is 2.89.